The molecule has 0 bridgehead atoms. The van der Waals surface area contributed by atoms with Crippen molar-refractivity contribution in [2.75, 3.05) is 33.9 Å². The second-order valence-electron chi connectivity index (χ2n) is 5.87. The molecule has 5 nitrogen and oxygen atoms in total. The van der Waals surface area contributed by atoms with Crippen LogP contribution in [0.2, 0.25) is 5.02 Å². The van der Waals surface area contributed by atoms with Crippen LogP contribution in [-0.4, -0.2) is 44.7 Å². The first kappa shape index (κ1) is 17.6. The van der Waals surface area contributed by atoms with Crippen molar-refractivity contribution < 1.29 is 14.3 Å². The largest absolute Gasteiger partial charge is 0.497 e. The van der Waals surface area contributed by atoms with Crippen molar-refractivity contribution in [2.24, 2.45) is 0 Å². The van der Waals surface area contributed by atoms with Crippen molar-refractivity contribution in [3.8, 4) is 11.5 Å². The van der Waals surface area contributed by atoms with E-state index in [9.17, 15) is 4.79 Å². The Balaban J connectivity index is 1.93. The van der Waals surface area contributed by atoms with E-state index in [0.29, 0.717) is 35.2 Å². The highest BCUT2D eigenvalue weighted by molar-refractivity contribution is 6.30. The summed E-state index contributed by atoms with van der Waals surface area (Å²) in [6.45, 7) is 2.06. The summed E-state index contributed by atoms with van der Waals surface area (Å²) in [5, 5.41) is 4.01. The molecule has 1 amide bonds. The van der Waals surface area contributed by atoms with Gasteiger partial charge < -0.3 is 19.7 Å². The number of benzene rings is 2. The van der Waals surface area contributed by atoms with Crippen LogP contribution < -0.4 is 14.8 Å². The van der Waals surface area contributed by atoms with Crippen LogP contribution in [0.3, 0.4) is 0 Å². The SMILES string of the molecule is COc1cc(OC)cc(C(=O)N2CCNCC2c2cccc(Cl)c2)c1. The van der Waals surface area contributed by atoms with Gasteiger partial charge >= 0.3 is 0 Å². The van der Waals surface area contributed by atoms with E-state index in [1.165, 1.54) is 0 Å². The van der Waals surface area contributed by atoms with Crippen molar-refractivity contribution in [3.05, 3.63) is 58.6 Å². The van der Waals surface area contributed by atoms with Crippen LogP contribution in [0.15, 0.2) is 42.5 Å². The predicted molar refractivity (Wildman–Crippen MR) is 97.6 cm³/mol. The minimum absolute atomic E-state index is 0.0522. The molecule has 1 heterocycles. The number of halogens is 1. The summed E-state index contributed by atoms with van der Waals surface area (Å²) < 4.78 is 10.6. The molecular weight excluding hydrogens is 340 g/mol. The molecular formula is C19H21ClN2O3. The lowest BCUT2D eigenvalue weighted by atomic mass is 10.0. The van der Waals surface area contributed by atoms with Gasteiger partial charge in [0.25, 0.3) is 5.91 Å². The summed E-state index contributed by atoms with van der Waals surface area (Å²) in [6.07, 6.45) is 0. The molecule has 0 aliphatic carbocycles. The number of nitrogens with zero attached hydrogens (tertiary/aromatic N) is 1. The Labute approximate surface area is 152 Å². The van der Waals surface area contributed by atoms with E-state index >= 15 is 0 Å². The third kappa shape index (κ3) is 3.89. The van der Waals surface area contributed by atoms with Gasteiger partial charge in [0, 0.05) is 36.3 Å². The van der Waals surface area contributed by atoms with Crippen molar-refractivity contribution in [1.29, 1.82) is 0 Å². The monoisotopic (exact) mass is 360 g/mol. The Morgan fingerprint density at radius 1 is 1.16 bits per heavy atom. The molecule has 3 rings (SSSR count). The molecule has 0 spiro atoms. The number of nitrogens with one attached hydrogen (secondary N) is 1. The maximum atomic E-state index is 13.2. The van der Waals surface area contributed by atoms with E-state index in [1.54, 1.807) is 32.4 Å². The van der Waals surface area contributed by atoms with Gasteiger partial charge in [-0.3, -0.25) is 4.79 Å². The fourth-order valence-electron chi connectivity index (χ4n) is 3.06. The Hall–Kier alpha value is -2.24. The van der Waals surface area contributed by atoms with Gasteiger partial charge in [0.2, 0.25) is 0 Å². The van der Waals surface area contributed by atoms with Crippen LogP contribution in [0, 0.1) is 0 Å². The molecule has 132 valence electrons. The van der Waals surface area contributed by atoms with Gasteiger partial charge in [0.05, 0.1) is 20.3 Å². The first-order valence-electron chi connectivity index (χ1n) is 8.12. The van der Waals surface area contributed by atoms with Gasteiger partial charge in [-0.2, -0.15) is 0 Å². The highest BCUT2D eigenvalue weighted by Crippen LogP contribution is 2.29. The number of methoxy groups -OCH3 is 2. The molecule has 1 unspecified atom stereocenters. The normalized spacial score (nSPS) is 17.2. The third-order valence-corrected chi connectivity index (χ3v) is 4.57. The average Bonchev–Trinajstić information content (AvgIpc) is 2.67. The summed E-state index contributed by atoms with van der Waals surface area (Å²) in [7, 11) is 3.14. The van der Waals surface area contributed by atoms with Gasteiger partial charge in [0.1, 0.15) is 11.5 Å². The van der Waals surface area contributed by atoms with Crippen LogP contribution >= 0.6 is 11.6 Å². The Morgan fingerprint density at radius 2 is 1.88 bits per heavy atom. The number of carbonyl (C=O) groups is 1. The standard InChI is InChI=1S/C19H21ClN2O3/c1-24-16-9-14(10-17(11-16)25-2)19(23)22-7-6-21-12-18(22)13-4-3-5-15(20)8-13/h3-5,8-11,18,21H,6-7,12H2,1-2H3. The molecule has 1 aliphatic heterocycles. The molecule has 1 N–H and O–H groups in total. The summed E-state index contributed by atoms with van der Waals surface area (Å²) in [6, 6.07) is 12.8. The van der Waals surface area contributed by atoms with Crippen molar-refractivity contribution in [2.45, 2.75) is 6.04 Å². The fourth-order valence-corrected chi connectivity index (χ4v) is 3.25. The molecule has 0 radical (unpaired) electrons. The zero-order chi connectivity index (χ0) is 17.8. The number of carbonyl (C=O) groups excluding carboxylic acids is 1. The second kappa shape index (κ2) is 7.76. The van der Waals surface area contributed by atoms with Gasteiger partial charge in [-0.1, -0.05) is 23.7 Å². The smallest absolute Gasteiger partial charge is 0.254 e. The number of rotatable bonds is 4. The average molecular weight is 361 g/mol. The van der Waals surface area contributed by atoms with Crippen molar-refractivity contribution in [3.63, 3.8) is 0 Å². The van der Waals surface area contributed by atoms with Gasteiger partial charge in [-0.15, -0.1) is 0 Å². The maximum Gasteiger partial charge on any atom is 0.254 e. The molecule has 2 aromatic carbocycles. The second-order valence-corrected chi connectivity index (χ2v) is 6.31. The van der Waals surface area contributed by atoms with Gasteiger partial charge in [-0.25, -0.2) is 0 Å². The minimum atomic E-state index is -0.0721. The zero-order valence-electron chi connectivity index (χ0n) is 14.3. The Morgan fingerprint density at radius 3 is 2.52 bits per heavy atom. The van der Waals surface area contributed by atoms with Crippen molar-refractivity contribution >= 4 is 17.5 Å². The number of amides is 1. The van der Waals surface area contributed by atoms with Gasteiger partial charge in [-0.05, 0) is 29.8 Å². The summed E-state index contributed by atoms with van der Waals surface area (Å²) in [4.78, 5) is 15.0. The maximum absolute atomic E-state index is 13.2. The third-order valence-electron chi connectivity index (χ3n) is 4.34. The van der Waals surface area contributed by atoms with Crippen LogP contribution in [-0.2, 0) is 0 Å². The molecule has 0 aromatic heterocycles. The van der Waals surface area contributed by atoms with E-state index in [4.69, 9.17) is 21.1 Å². The molecule has 2 aromatic rings. The summed E-state index contributed by atoms with van der Waals surface area (Å²) >= 11 is 6.13. The topological polar surface area (TPSA) is 50.8 Å². The van der Waals surface area contributed by atoms with E-state index in [-0.39, 0.29) is 11.9 Å². The lowest BCUT2D eigenvalue weighted by molar-refractivity contribution is 0.0633. The lowest BCUT2D eigenvalue weighted by Crippen LogP contribution is -2.48. The number of hydrogen-bond donors (Lipinski definition) is 1. The number of ether oxygens (including phenoxy) is 2. The molecule has 25 heavy (non-hydrogen) atoms. The van der Waals surface area contributed by atoms with E-state index in [1.807, 2.05) is 29.2 Å². The molecule has 6 heteroatoms. The minimum Gasteiger partial charge on any atom is -0.497 e. The number of piperazine rings is 1. The molecule has 1 saturated heterocycles. The van der Waals surface area contributed by atoms with E-state index < -0.39 is 0 Å². The fraction of sp³-hybridized carbons (Fsp3) is 0.316. The first-order chi connectivity index (χ1) is 12.1. The van der Waals surface area contributed by atoms with Crippen molar-refractivity contribution in [1.82, 2.24) is 10.2 Å². The van der Waals surface area contributed by atoms with Crippen LogP contribution in [0.1, 0.15) is 22.0 Å². The molecule has 1 atom stereocenters. The van der Waals surface area contributed by atoms with E-state index in [0.717, 1.165) is 12.1 Å². The quantitative estimate of drug-likeness (QED) is 0.910. The highest BCUT2D eigenvalue weighted by Gasteiger charge is 2.29. The Kier molecular flexibility index (Phi) is 5.46. The molecule has 1 aliphatic rings. The number of hydrogen-bond acceptors (Lipinski definition) is 4. The Bertz CT molecular complexity index is 744. The lowest BCUT2D eigenvalue weighted by Gasteiger charge is -2.36. The molecule has 0 saturated carbocycles. The zero-order valence-corrected chi connectivity index (χ0v) is 15.0. The van der Waals surface area contributed by atoms with Crippen LogP contribution in [0.4, 0.5) is 0 Å². The van der Waals surface area contributed by atoms with E-state index in [2.05, 4.69) is 5.32 Å². The van der Waals surface area contributed by atoms with Gasteiger partial charge in [0.15, 0.2) is 0 Å². The first-order valence-corrected chi connectivity index (χ1v) is 8.50. The summed E-state index contributed by atoms with van der Waals surface area (Å²) in [5.41, 5.74) is 1.56. The summed E-state index contributed by atoms with van der Waals surface area (Å²) in [5.74, 6) is 1.14. The van der Waals surface area contributed by atoms with Crippen LogP contribution in [0.5, 0.6) is 11.5 Å². The molecule has 1 fully saturated rings. The highest BCUT2D eigenvalue weighted by atomic mass is 35.5. The van der Waals surface area contributed by atoms with Crippen LogP contribution in [0.25, 0.3) is 0 Å². The predicted octanol–water partition coefficient (Wildman–Crippen LogP) is 3.14.